The molecule has 0 aromatic carbocycles. The number of hydrogen-bond donors (Lipinski definition) is 1. The van der Waals surface area contributed by atoms with E-state index in [4.69, 9.17) is 5.73 Å². The fourth-order valence-corrected chi connectivity index (χ4v) is 2.81. The van der Waals surface area contributed by atoms with Gasteiger partial charge in [0.2, 0.25) is 0 Å². The normalized spacial score (nSPS) is 24.1. The third-order valence-corrected chi connectivity index (χ3v) is 3.97. The molecule has 19 heavy (non-hydrogen) atoms. The molecule has 2 unspecified atom stereocenters. The lowest BCUT2D eigenvalue weighted by Gasteiger charge is -2.39. The van der Waals surface area contributed by atoms with E-state index in [9.17, 15) is 0 Å². The van der Waals surface area contributed by atoms with Gasteiger partial charge in [-0.1, -0.05) is 0 Å². The predicted octanol–water partition coefficient (Wildman–Crippen LogP) is 0.996. The topological polar surface area (TPSA) is 72.3 Å². The second-order valence-electron chi connectivity index (χ2n) is 5.41. The number of rotatable bonds is 2. The average molecular weight is 260 g/mol. The summed E-state index contributed by atoms with van der Waals surface area (Å²) in [6.45, 7) is 5.97. The van der Waals surface area contributed by atoms with E-state index >= 15 is 0 Å². The van der Waals surface area contributed by atoms with E-state index in [1.54, 1.807) is 6.33 Å². The first-order valence-corrected chi connectivity index (χ1v) is 6.83. The number of piperidine rings is 1. The highest BCUT2D eigenvalue weighted by Crippen LogP contribution is 2.27. The molecular weight excluding hydrogens is 240 g/mol. The molecule has 3 rings (SSSR count). The zero-order valence-corrected chi connectivity index (χ0v) is 11.5. The summed E-state index contributed by atoms with van der Waals surface area (Å²) in [4.78, 5) is 11.0. The molecule has 2 aromatic heterocycles. The van der Waals surface area contributed by atoms with Crippen molar-refractivity contribution in [2.75, 3.05) is 18.0 Å². The summed E-state index contributed by atoms with van der Waals surface area (Å²) in [5, 5.41) is 4.29. The number of nitrogens with two attached hydrogens (primary N) is 1. The molecule has 0 radical (unpaired) electrons. The zero-order chi connectivity index (χ0) is 13.4. The number of fused-ring (bicyclic) bond motifs is 1. The van der Waals surface area contributed by atoms with Crippen LogP contribution in [-0.2, 0) is 0 Å². The first kappa shape index (κ1) is 12.3. The van der Waals surface area contributed by atoms with Crippen LogP contribution < -0.4 is 10.6 Å². The van der Waals surface area contributed by atoms with Gasteiger partial charge in [0.1, 0.15) is 12.1 Å². The van der Waals surface area contributed by atoms with Gasteiger partial charge in [-0.25, -0.2) is 4.98 Å². The van der Waals surface area contributed by atoms with Crippen molar-refractivity contribution in [3.63, 3.8) is 0 Å². The molecule has 0 aliphatic carbocycles. The Bertz CT molecular complexity index is 578. The molecule has 0 spiro atoms. The van der Waals surface area contributed by atoms with Gasteiger partial charge in [-0.15, -0.1) is 0 Å². The fourth-order valence-electron chi connectivity index (χ4n) is 2.81. The highest BCUT2D eigenvalue weighted by Gasteiger charge is 2.26. The second kappa shape index (κ2) is 4.77. The first-order chi connectivity index (χ1) is 9.19. The third kappa shape index (κ3) is 2.16. The maximum absolute atomic E-state index is 5.84. The highest BCUT2D eigenvalue weighted by molar-refractivity contribution is 5.48. The largest absolute Gasteiger partial charge is 0.353 e. The van der Waals surface area contributed by atoms with Crippen LogP contribution in [0.3, 0.4) is 0 Å². The van der Waals surface area contributed by atoms with E-state index in [1.165, 1.54) is 12.8 Å². The molecular formula is C13H20N6. The van der Waals surface area contributed by atoms with Crippen LogP contribution in [0.15, 0.2) is 12.4 Å². The number of aromatic nitrogens is 4. The van der Waals surface area contributed by atoms with Crippen LogP contribution in [0.2, 0.25) is 0 Å². The van der Waals surface area contributed by atoms with Crippen molar-refractivity contribution in [3.8, 4) is 0 Å². The first-order valence-electron chi connectivity index (χ1n) is 6.83. The monoisotopic (exact) mass is 260 g/mol. The minimum atomic E-state index is 0.497. The molecule has 1 saturated heterocycles. The minimum Gasteiger partial charge on any atom is -0.353 e. The van der Waals surface area contributed by atoms with Crippen LogP contribution in [0.5, 0.6) is 0 Å². The molecule has 102 valence electrons. The summed E-state index contributed by atoms with van der Waals surface area (Å²) in [5.41, 5.74) is 6.81. The molecule has 0 amide bonds. The molecule has 6 nitrogen and oxygen atoms in total. The molecule has 0 bridgehead atoms. The van der Waals surface area contributed by atoms with Crippen LogP contribution in [0.4, 0.5) is 5.82 Å². The molecule has 2 aromatic rings. The fraction of sp³-hybridized carbons (Fsp3) is 0.615. The summed E-state index contributed by atoms with van der Waals surface area (Å²) < 4.78 is 1.82. The van der Waals surface area contributed by atoms with Gasteiger partial charge in [-0.2, -0.15) is 14.6 Å². The van der Waals surface area contributed by atoms with Gasteiger partial charge in [-0.05, 0) is 39.2 Å². The quantitative estimate of drug-likeness (QED) is 0.872. The van der Waals surface area contributed by atoms with Crippen molar-refractivity contribution in [2.24, 2.45) is 11.7 Å². The Hall–Kier alpha value is -1.69. The molecule has 1 aliphatic heterocycles. The lowest BCUT2D eigenvalue weighted by molar-refractivity contribution is 0.370. The zero-order valence-electron chi connectivity index (χ0n) is 11.5. The van der Waals surface area contributed by atoms with Crippen molar-refractivity contribution >= 4 is 11.6 Å². The van der Waals surface area contributed by atoms with E-state index in [0.717, 1.165) is 24.6 Å². The average Bonchev–Trinajstić information content (AvgIpc) is 2.86. The van der Waals surface area contributed by atoms with Gasteiger partial charge in [0.25, 0.3) is 5.78 Å². The number of nitrogens with zero attached hydrogens (tertiary/aromatic N) is 5. The van der Waals surface area contributed by atoms with E-state index in [0.29, 0.717) is 17.7 Å². The lowest BCUT2D eigenvalue weighted by atomic mass is 9.93. The molecule has 1 aliphatic rings. The van der Waals surface area contributed by atoms with Crippen molar-refractivity contribution in [1.82, 2.24) is 19.6 Å². The lowest BCUT2D eigenvalue weighted by Crippen LogP contribution is -2.44. The summed E-state index contributed by atoms with van der Waals surface area (Å²) in [7, 11) is 0. The molecule has 1 fully saturated rings. The van der Waals surface area contributed by atoms with Gasteiger partial charge < -0.3 is 10.6 Å². The Kier molecular flexibility index (Phi) is 3.10. The highest BCUT2D eigenvalue weighted by atomic mass is 15.4. The molecule has 3 heterocycles. The Labute approximate surface area is 112 Å². The van der Waals surface area contributed by atoms with E-state index in [-0.39, 0.29) is 0 Å². The van der Waals surface area contributed by atoms with Crippen LogP contribution >= 0.6 is 0 Å². The number of anilines is 1. The standard InChI is InChI=1S/C13H20N6/c1-9-5-12(19-13(17-9)15-8-16-19)18-7-11(6-14)4-3-10(18)2/h5,8,10-11H,3-4,6-7,14H2,1-2H3. The van der Waals surface area contributed by atoms with E-state index < -0.39 is 0 Å². The smallest absolute Gasteiger partial charge is 0.254 e. The van der Waals surface area contributed by atoms with Crippen molar-refractivity contribution < 1.29 is 0 Å². The van der Waals surface area contributed by atoms with Crippen LogP contribution in [0.1, 0.15) is 25.5 Å². The van der Waals surface area contributed by atoms with E-state index in [2.05, 4.69) is 33.0 Å². The van der Waals surface area contributed by atoms with E-state index in [1.807, 2.05) is 11.4 Å². The molecule has 2 atom stereocenters. The molecule has 0 saturated carbocycles. The Morgan fingerprint density at radius 2 is 2.26 bits per heavy atom. The number of aryl methyl sites for hydroxylation is 1. The number of hydrogen-bond acceptors (Lipinski definition) is 5. The van der Waals surface area contributed by atoms with Crippen molar-refractivity contribution in [2.45, 2.75) is 32.7 Å². The summed E-state index contributed by atoms with van der Waals surface area (Å²) >= 11 is 0. The van der Waals surface area contributed by atoms with Gasteiger partial charge in [-0.3, -0.25) is 0 Å². The SMILES string of the molecule is Cc1cc(N2CC(CN)CCC2C)n2ncnc2n1. The third-order valence-electron chi connectivity index (χ3n) is 3.97. The van der Waals surface area contributed by atoms with Crippen molar-refractivity contribution in [1.29, 1.82) is 0 Å². The summed E-state index contributed by atoms with van der Waals surface area (Å²) in [6, 6.07) is 2.58. The molecule has 6 heteroatoms. The summed E-state index contributed by atoms with van der Waals surface area (Å²) in [6.07, 6.45) is 3.93. The Morgan fingerprint density at radius 3 is 3.05 bits per heavy atom. The molecule has 2 N–H and O–H groups in total. The minimum absolute atomic E-state index is 0.497. The van der Waals surface area contributed by atoms with Gasteiger partial charge in [0, 0.05) is 24.3 Å². The van der Waals surface area contributed by atoms with Gasteiger partial charge in [0.05, 0.1) is 0 Å². The van der Waals surface area contributed by atoms with Crippen molar-refractivity contribution in [3.05, 3.63) is 18.1 Å². The second-order valence-corrected chi connectivity index (χ2v) is 5.41. The Morgan fingerprint density at radius 1 is 1.42 bits per heavy atom. The predicted molar refractivity (Wildman–Crippen MR) is 74.1 cm³/mol. The van der Waals surface area contributed by atoms with Gasteiger partial charge >= 0.3 is 0 Å². The van der Waals surface area contributed by atoms with Crippen LogP contribution in [0, 0.1) is 12.8 Å². The maximum atomic E-state index is 5.84. The maximum Gasteiger partial charge on any atom is 0.254 e. The summed E-state index contributed by atoms with van der Waals surface area (Å²) in [5.74, 6) is 2.30. The Balaban J connectivity index is 2.04. The van der Waals surface area contributed by atoms with Crippen LogP contribution in [-0.4, -0.2) is 38.7 Å². The van der Waals surface area contributed by atoms with Crippen LogP contribution in [0.25, 0.3) is 5.78 Å². The van der Waals surface area contributed by atoms with Gasteiger partial charge in [0.15, 0.2) is 0 Å².